The third kappa shape index (κ3) is 2.92. The van der Waals surface area contributed by atoms with Crippen LogP contribution in [-0.2, 0) is 9.53 Å². The molecule has 0 saturated heterocycles. The lowest BCUT2D eigenvalue weighted by Gasteiger charge is -2.44. The quantitative estimate of drug-likeness (QED) is 0.576. The summed E-state index contributed by atoms with van der Waals surface area (Å²) < 4.78 is 70.5. The van der Waals surface area contributed by atoms with Crippen molar-refractivity contribution in [2.24, 2.45) is 10.8 Å². The van der Waals surface area contributed by atoms with E-state index in [4.69, 9.17) is 0 Å². The zero-order valence-electron chi connectivity index (χ0n) is 10.9. The summed E-state index contributed by atoms with van der Waals surface area (Å²) in [6, 6.07) is 0. The minimum atomic E-state index is -5.07. The van der Waals surface area contributed by atoms with Gasteiger partial charge in [0.05, 0.1) is 5.41 Å². The van der Waals surface area contributed by atoms with Gasteiger partial charge in [0.2, 0.25) is 0 Å². The van der Waals surface area contributed by atoms with Gasteiger partial charge in [-0.25, -0.2) is 8.78 Å². The second-order valence-corrected chi connectivity index (χ2v) is 5.36. The van der Waals surface area contributed by atoms with Crippen molar-refractivity contribution in [3.05, 3.63) is 0 Å². The van der Waals surface area contributed by atoms with Crippen LogP contribution in [0.4, 0.5) is 22.0 Å². The van der Waals surface area contributed by atoms with Crippen molar-refractivity contribution >= 4 is 5.97 Å². The smallest absolute Gasteiger partial charge is 0.399 e. The van der Waals surface area contributed by atoms with Gasteiger partial charge >= 0.3 is 12.1 Å². The maximum absolute atomic E-state index is 14.0. The van der Waals surface area contributed by atoms with Crippen LogP contribution in [0.1, 0.15) is 34.6 Å². The summed E-state index contributed by atoms with van der Waals surface area (Å²) >= 11 is 0. The fourth-order valence-electron chi connectivity index (χ4n) is 1.40. The van der Waals surface area contributed by atoms with Crippen LogP contribution in [0.5, 0.6) is 0 Å². The third-order valence-corrected chi connectivity index (χ3v) is 2.98. The zero-order valence-corrected chi connectivity index (χ0v) is 10.9. The fourth-order valence-corrected chi connectivity index (χ4v) is 1.40. The van der Waals surface area contributed by atoms with Crippen molar-refractivity contribution < 1.29 is 31.5 Å². The first-order valence-electron chi connectivity index (χ1n) is 5.25. The molecule has 0 unspecified atom stereocenters. The SMILES string of the molecule is CC(=O)OCC(C)(C)C(F)(F)C(C)(C)C(F)(F)F. The number of carbonyl (C=O) groups excluding carboxylic acids is 1. The predicted molar refractivity (Wildman–Crippen MR) is 55.2 cm³/mol. The maximum atomic E-state index is 14.0. The van der Waals surface area contributed by atoms with Gasteiger partial charge in [0, 0.05) is 6.92 Å². The molecule has 0 saturated carbocycles. The van der Waals surface area contributed by atoms with Gasteiger partial charge in [-0.2, -0.15) is 13.2 Å². The number of hydrogen-bond acceptors (Lipinski definition) is 2. The molecule has 0 heterocycles. The van der Waals surface area contributed by atoms with Gasteiger partial charge in [-0.3, -0.25) is 4.79 Å². The Morgan fingerprint density at radius 1 is 1.00 bits per heavy atom. The number of halogens is 5. The van der Waals surface area contributed by atoms with Crippen molar-refractivity contribution in [2.75, 3.05) is 6.61 Å². The van der Waals surface area contributed by atoms with Crippen LogP contribution in [-0.4, -0.2) is 24.7 Å². The molecule has 108 valence electrons. The summed E-state index contributed by atoms with van der Waals surface area (Å²) in [6.07, 6.45) is -5.07. The molecule has 0 aromatic rings. The van der Waals surface area contributed by atoms with E-state index in [9.17, 15) is 26.7 Å². The van der Waals surface area contributed by atoms with Gasteiger partial charge in [-0.15, -0.1) is 0 Å². The largest absolute Gasteiger partial charge is 0.465 e. The van der Waals surface area contributed by atoms with Crippen molar-refractivity contribution in [3.8, 4) is 0 Å². The van der Waals surface area contributed by atoms with E-state index in [2.05, 4.69) is 4.74 Å². The lowest BCUT2D eigenvalue weighted by atomic mass is 9.70. The highest BCUT2D eigenvalue weighted by Gasteiger charge is 2.68. The van der Waals surface area contributed by atoms with E-state index in [0.29, 0.717) is 13.8 Å². The highest BCUT2D eigenvalue weighted by atomic mass is 19.4. The molecular weight excluding hydrogens is 259 g/mol. The van der Waals surface area contributed by atoms with E-state index < -0.39 is 35.5 Å². The normalized spacial score (nSPS) is 14.6. The van der Waals surface area contributed by atoms with Crippen molar-refractivity contribution in [3.63, 3.8) is 0 Å². The van der Waals surface area contributed by atoms with E-state index >= 15 is 0 Å². The molecule has 0 fully saturated rings. The van der Waals surface area contributed by atoms with Gasteiger partial charge < -0.3 is 4.74 Å². The van der Waals surface area contributed by atoms with Gasteiger partial charge in [0.15, 0.2) is 0 Å². The number of carbonyl (C=O) groups is 1. The number of ether oxygens (including phenoxy) is 1. The molecule has 0 spiro atoms. The topological polar surface area (TPSA) is 26.3 Å². The summed E-state index contributed by atoms with van der Waals surface area (Å²) in [5.74, 6) is -4.91. The molecule has 0 bridgehead atoms. The minimum Gasteiger partial charge on any atom is -0.465 e. The van der Waals surface area contributed by atoms with Crippen molar-refractivity contribution in [1.82, 2.24) is 0 Å². The summed E-state index contributed by atoms with van der Waals surface area (Å²) in [4.78, 5) is 10.6. The van der Waals surface area contributed by atoms with Crippen LogP contribution >= 0.6 is 0 Å². The molecule has 0 aliphatic carbocycles. The number of alkyl halides is 5. The highest BCUT2D eigenvalue weighted by Crippen LogP contribution is 2.56. The molecule has 0 radical (unpaired) electrons. The first kappa shape index (κ1) is 17.1. The van der Waals surface area contributed by atoms with E-state index in [-0.39, 0.29) is 0 Å². The summed E-state index contributed by atoms with van der Waals surface area (Å²) in [6.45, 7) is 2.95. The molecular formula is C11H17F5O2. The van der Waals surface area contributed by atoms with Crippen LogP contribution in [0.3, 0.4) is 0 Å². The van der Waals surface area contributed by atoms with Crippen LogP contribution < -0.4 is 0 Å². The second-order valence-electron chi connectivity index (χ2n) is 5.36. The molecule has 0 aliphatic heterocycles. The molecule has 18 heavy (non-hydrogen) atoms. The molecule has 2 nitrogen and oxygen atoms in total. The molecule has 0 rings (SSSR count). The highest BCUT2D eigenvalue weighted by molar-refractivity contribution is 5.65. The van der Waals surface area contributed by atoms with Crippen LogP contribution in [0.15, 0.2) is 0 Å². The van der Waals surface area contributed by atoms with E-state index in [0.717, 1.165) is 20.8 Å². The van der Waals surface area contributed by atoms with Crippen molar-refractivity contribution in [1.29, 1.82) is 0 Å². The Morgan fingerprint density at radius 2 is 1.39 bits per heavy atom. The first-order valence-corrected chi connectivity index (χ1v) is 5.25. The molecule has 0 aliphatic rings. The number of hydrogen-bond donors (Lipinski definition) is 0. The first-order chi connectivity index (χ1) is 7.67. The molecule has 0 N–H and O–H groups in total. The van der Waals surface area contributed by atoms with Crippen LogP contribution in [0.25, 0.3) is 0 Å². The summed E-state index contributed by atoms with van der Waals surface area (Å²) in [5.41, 5.74) is -5.35. The standard InChI is InChI=1S/C11H17F5O2/c1-7(17)18-6-8(2,3)10(12,13)9(4,5)11(14,15)16/h6H2,1-5H3. The number of esters is 1. The monoisotopic (exact) mass is 276 g/mol. The maximum Gasteiger partial charge on any atom is 0.399 e. The molecule has 7 heteroatoms. The van der Waals surface area contributed by atoms with Gasteiger partial charge in [0.1, 0.15) is 12.0 Å². The Balaban J connectivity index is 5.29. The van der Waals surface area contributed by atoms with Crippen LogP contribution in [0.2, 0.25) is 0 Å². The lowest BCUT2D eigenvalue weighted by molar-refractivity contribution is -0.316. The summed E-state index contributed by atoms with van der Waals surface area (Å²) in [5, 5.41) is 0. The zero-order chi connectivity index (χ0) is 15.0. The minimum absolute atomic E-state index is 0.433. The summed E-state index contributed by atoms with van der Waals surface area (Å²) in [7, 11) is 0. The Morgan fingerprint density at radius 3 is 1.67 bits per heavy atom. The van der Waals surface area contributed by atoms with E-state index in [1.807, 2.05) is 0 Å². The van der Waals surface area contributed by atoms with Gasteiger partial charge in [-0.05, 0) is 13.8 Å². The second kappa shape index (κ2) is 4.66. The van der Waals surface area contributed by atoms with Gasteiger partial charge in [-0.1, -0.05) is 13.8 Å². The third-order valence-electron chi connectivity index (χ3n) is 2.98. The average molecular weight is 276 g/mol. The van der Waals surface area contributed by atoms with E-state index in [1.165, 1.54) is 0 Å². The lowest BCUT2D eigenvalue weighted by Crippen LogP contribution is -2.57. The Kier molecular flexibility index (Phi) is 4.43. The van der Waals surface area contributed by atoms with Crippen molar-refractivity contribution in [2.45, 2.75) is 46.7 Å². The van der Waals surface area contributed by atoms with E-state index in [1.54, 1.807) is 0 Å². The Hall–Kier alpha value is -0.880. The van der Waals surface area contributed by atoms with Crippen LogP contribution in [0, 0.1) is 10.8 Å². The molecule has 0 aromatic heterocycles. The molecule has 0 atom stereocenters. The van der Waals surface area contributed by atoms with Gasteiger partial charge in [0.25, 0.3) is 5.92 Å². The molecule has 0 aromatic carbocycles. The Bertz CT molecular complexity index is 318. The predicted octanol–water partition coefficient (Wildman–Crippen LogP) is 3.80. The molecule has 0 amide bonds. The Labute approximate surface area is 102 Å². The number of rotatable bonds is 4. The average Bonchev–Trinajstić information content (AvgIpc) is 2.12. The fraction of sp³-hybridized carbons (Fsp3) is 0.909.